The van der Waals surface area contributed by atoms with E-state index in [1.165, 1.54) is 6.20 Å². The van der Waals surface area contributed by atoms with Crippen LogP contribution in [0.25, 0.3) is 0 Å². The Morgan fingerprint density at radius 2 is 1.86 bits per heavy atom. The monoisotopic (exact) mass is 391 g/mol. The van der Waals surface area contributed by atoms with Gasteiger partial charge in [-0.2, -0.15) is 0 Å². The lowest BCUT2D eigenvalue weighted by atomic mass is 10.2. The highest BCUT2D eigenvalue weighted by Gasteiger charge is 2.12. The number of carbonyl (C=O) groups excluding carboxylic acids is 2. The molecule has 3 aromatic rings. The number of nitrogens with zero attached hydrogens (tertiary/aromatic N) is 1. The zero-order valence-electron chi connectivity index (χ0n) is 16.1. The minimum absolute atomic E-state index is 0.265. The summed E-state index contributed by atoms with van der Waals surface area (Å²) < 4.78 is 10.2. The number of pyridine rings is 1. The summed E-state index contributed by atoms with van der Waals surface area (Å²) >= 11 is 0. The molecule has 0 atom stereocenters. The minimum atomic E-state index is -0.405. The topological polar surface area (TPSA) is 89.6 Å². The number of methoxy groups -OCH3 is 1. The lowest BCUT2D eigenvalue weighted by Crippen LogP contribution is -2.12. The van der Waals surface area contributed by atoms with E-state index in [0.29, 0.717) is 40.7 Å². The van der Waals surface area contributed by atoms with Crippen LogP contribution in [0.3, 0.4) is 0 Å². The van der Waals surface area contributed by atoms with E-state index in [0.717, 1.165) is 0 Å². The van der Waals surface area contributed by atoms with Gasteiger partial charge in [0.25, 0.3) is 5.91 Å². The van der Waals surface area contributed by atoms with Crippen molar-refractivity contribution in [2.45, 2.75) is 6.92 Å². The van der Waals surface area contributed by atoms with Crippen LogP contribution < -0.4 is 15.4 Å². The highest BCUT2D eigenvalue weighted by atomic mass is 16.5. The van der Waals surface area contributed by atoms with Crippen molar-refractivity contribution in [2.24, 2.45) is 0 Å². The number of carbonyl (C=O) groups is 2. The number of anilines is 3. The maximum atomic E-state index is 12.4. The number of ether oxygens (including phenoxy) is 2. The highest BCUT2D eigenvalue weighted by Crippen LogP contribution is 2.22. The van der Waals surface area contributed by atoms with Crippen molar-refractivity contribution in [3.63, 3.8) is 0 Å². The average Bonchev–Trinajstić information content (AvgIpc) is 2.75. The molecule has 3 rings (SSSR count). The van der Waals surface area contributed by atoms with Gasteiger partial charge in [-0.15, -0.1) is 0 Å². The molecule has 0 aliphatic rings. The van der Waals surface area contributed by atoms with Crippen molar-refractivity contribution >= 4 is 29.1 Å². The SMILES string of the molecule is CCOC(=O)c1ccccc1Nc1ccc(NC(=O)c2cccc(OC)c2)cn1. The summed E-state index contributed by atoms with van der Waals surface area (Å²) in [5.74, 6) is 0.466. The second-order valence-electron chi connectivity index (χ2n) is 6.01. The third-order valence-corrected chi connectivity index (χ3v) is 4.04. The smallest absolute Gasteiger partial charge is 0.340 e. The van der Waals surface area contributed by atoms with E-state index in [1.807, 2.05) is 6.07 Å². The molecule has 0 aliphatic carbocycles. The Bertz CT molecular complexity index is 1000. The zero-order valence-corrected chi connectivity index (χ0v) is 16.1. The third-order valence-electron chi connectivity index (χ3n) is 4.04. The van der Waals surface area contributed by atoms with E-state index < -0.39 is 5.97 Å². The zero-order chi connectivity index (χ0) is 20.6. The molecule has 0 unspecified atom stereocenters. The first-order valence-electron chi connectivity index (χ1n) is 9.05. The van der Waals surface area contributed by atoms with E-state index in [2.05, 4.69) is 15.6 Å². The largest absolute Gasteiger partial charge is 0.497 e. The fourth-order valence-electron chi connectivity index (χ4n) is 2.63. The second-order valence-corrected chi connectivity index (χ2v) is 6.01. The number of aromatic nitrogens is 1. The summed E-state index contributed by atoms with van der Waals surface area (Å²) in [6.07, 6.45) is 1.54. The summed E-state index contributed by atoms with van der Waals surface area (Å²) in [4.78, 5) is 28.7. The molecule has 2 aromatic carbocycles. The van der Waals surface area contributed by atoms with Gasteiger partial charge in [-0.3, -0.25) is 4.79 Å². The molecule has 0 spiro atoms. The number of amides is 1. The standard InChI is InChI=1S/C22H21N3O4/c1-3-29-22(27)18-9-4-5-10-19(18)25-20-12-11-16(14-23-20)24-21(26)15-7-6-8-17(13-15)28-2/h4-14H,3H2,1-2H3,(H,23,25)(H,24,26). The predicted molar refractivity (Wildman–Crippen MR) is 111 cm³/mol. The molecule has 0 radical (unpaired) electrons. The number of rotatable bonds is 7. The molecule has 0 bridgehead atoms. The van der Waals surface area contributed by atoms with Crippen molar-refractivity contribution in [2.75, 3.05) is 24.4 Å². The summed E-state index contributed by atoms with van der Waals surface area (Å²) in [6, 6.07) is 17.3. The molecule has 0 fully saturated rings. The minimum Gasteiger partial charge on any atom is -0.497 e. The average molecular weight is 391 g/mol. The van der Waals surface area contributed by atoms with Gasteiger partial charge < -0.3 is 20.1 Å². The maximum absolute atomic E-state index is 12.4. The Labute approximate surface area is 168 Å². The van der Waals surface area contributed by atoms with E-state index in [1.54, 1.807) is 68.6 Å². The molecular formula is C22H21N3O4. The first-order chi connectivity index (χ1) is 14.1. The Morgan fingerprint density at radius 1 is 1.03 bits per heavy atom. The molecule has 0 saturated heterocycles. The first-order valence-corrected chi connectivity index (χ1v) is 9.05. The molecule has 2 N–H and O–H groups in total. The Kier molecular flexibility index (Phi) is 6.42. The molecule has 1 heterocycles. The molecule has 7 heteroatoms. The molecule has 7 nitrogen and oxygen atoms in total. The molecular weight excluding hydrogens is 370 g/mol. The van der Waals surface area contributed by atoms with Crippen LogP contribution >= 0.6 is 0 Å². The number of esters is 1. The van der Waals surface area contributed by atoms with Crippen molar-refractivity contribution in [1.29, 1.82) is 0 Å². The van der Waals surface area contributed by atoms with Crippen LogP contribution in [0.2, 0.25) is 0 Å². The number of hydrogen-bond acceptors (Lipinski definition) is 6. The first kappa shape index (κ1) is 19.9. The van der Waals surface area contributed by atoms with Crippen LogP contribution in [0.4, 0.5) is 17.2 Å². The summed E-state index contributed by atoms with van der Waals surface area (Å²) in [5.41, 5.74) is 2.04. The van der Waals surface area contributed by atoms with E-state index in [-0.39, 0.29) is 5.91 Å². The van der Waals surface area contributed by atoms with E-state index in [9.17, 15) is 9.59 Å². The summed E-state index contributed by atoms with van der Waals surface area (Å²) in [7, 11) is 1.55. The normalized spacial score (nSPS) is 10.1. The van der Waals surface area contributed by atoms with Crippen molar-refractivity contribution in [1.82, 2.24) is 4.98 Å². The summed E-state index contributed by atoms with van der Waals surface area (Å²) in [5, 5.41) is 5.89. The van der Waals surface area contributed by atoms with Gasteiger partial charge in [0, 0.05) is 5.56 Å². The Morgan fingerprint density at radius 3 is 2.59 bits per heavy atom. The van der Waals surface area contributed by atoms with Crippen molar-refractivity contribution in [3.05, 3.63) is 78.0 Å². The van der Waals surface area contributed by atoms with Gasteiger partial charge in [0.1, 0.15) is 11.6 Å². The second kappa shape index (κ2) is 9.36. The Balaban J connectivity index is 1.69. The van der Waals surface area contributed by atoms with Gasteiger partial charge >= 0.3 is 5.97 Å². The van der Waals surface area contributed by atoms with Crippen LogP contribution in [-0.2, 0) is 4.74 Å². The van der Waals surface area contributed by atoms with Crippen LogP contribution in [0.1, 0.15) is 27.6 Å². The van der Waals surface area contributed by atoms with Crippen LogP contribution in [-0.4, -0.2) is 30.6 Å². The Hall–Kier alpha value is -3.87. The van der Waals surface area contributed by atoms with Crippen LogP contribution in [0.15, 0.2) is 66.9 Å². The fraction of sp³-hybridized carbons (Fsp3) is 0.136. The van der Waals surface area contributed by atoms with Gasteiger partial charge in [-0.05, 0) is 49.4 Å². The van der Waals surface area contributed by atoms with Gasteiger partial charge in [-0.1, -0.05) is 18.2 Å². The van der Waals surface area contributed by atoms with Gasteiger partial charge in [0.15, 0.2) is 0 Å². The summed E-state index contributed by atoms with van der Waals surface area (Å²) in [6.45, 7) is 2.06. The molecule has 0 aliphatic heterocycles. The number of para-hydroxylation sites is 1. The number of nitrogens with one attached hydrogen (secondary N) is 2. The molecule has 29 heavy (non-hydrogen) atoms. The number of benzene rings is 2. The van der Waals surface area contributed by atoms with E-state index >= 15 is 0 Å². The number of hydrogen-bond donors (Lipinski definition) is 2. The lowest BCUT2D eigenvalue weighted by molar-refractivity contribution is 0.0527. The van der Waals surface area contributed by atoms with Crippen LogP contribution in [0, 0.1) is 0 Å². The molecule has 148 valence electrons. The van der Waals surface area contributed by atoms with Crippen molar-refractivity contribution in [3.8, 4) is 5.75 Å². The van der Waals surface area contributed by atoms with E-state index in [4.69, 9.17) is 9.47 Å². The predicted octanol–water partition coefficient (Wildman–Crippen LogP) is 4.26. The quantitative estimate of drug-likeness (QED) is 0.585. The van der Waals surface area contributed by atoms with Gasteiger partial charge in [0.2, 0.25) is 0 Å². The van der Waals surface area contributed by atoms with Crippen LogP contribution in [0.5, 0.6) is 5.75 Å². The third kappa shape index (κ3) is 5.10. The van der Waals surface area contributed by atoms with Gasteiger partial charge in [-0.25, -0.2) is 9.78 Å². The van der Waals surface area contributed by atoms with Gasteiger partial charge in [0.05, 0.1) is 36.9 Å². The highest BCUT2D eigenvalue weighted by molar-refractivity contribution is 6.04. The fourth-order valence-corrected chi connectivity index (χ4v) is 2.63. The molecule has 1 aromatic heterocycles. The molecule has 0 saturated carbocycles. The molecule has 1 amide bonds. The lowest BCUT2D eigenvalue weighted by Gasteiger charge is -2.11. The maximum Gasteiger partial charge on any atom is 0.340 e. The van der Waals surface area contributed by atoms with Crippen molar-refractivity contribution < 1.29 is 19.1 Å².